The third-order valence-electron chi connectivity index (χ3n) is 2.67. The van der Waals surface area contributed by atoms with Crippen molar-refractivity contribution in [2.45, 2.75) is 0 Å². The zero-order chi connectivity index (χ0) is 18.5. The number of nitrogens with two attached hydrogens (primary N) is 1. The number of hydrogen-bond acceptors (Lipinski definition) is 6. The van der Waals surface area contributed by atoms with Crippen molar-refractivity contribution in [3.8, 4) is 22.8 Å². The summed E-state index contributed by atoms with van der Waals surface area (Å²) in [4.78, 5) is 10.8. The number of aromatic carboxylic acids is 1. The summed E-state index contributed by atoms with van der Waals surface area (Å²) in [6.07, 6.45) is 0. The molecule has 8 heteroatoms. The Kier molecular flexibility index (Phi) is 6.19. The molecule has 0 atom stereocenters. The number of nitrogen functional groups attached to an aromatic ring is 1. The number of methoxy groups -OCH3 is 2. The maximum absolute atomic E-state index is 10.8. The highest BCUT2D eigenvalue weighted by Gasteiger charge is 2.14. The number of ether oxygens (including phenoxy) is 2. The van der Waals surface area contributed by atoms with E-state index in [2.05, 4.69) is 38.4 Å². The Morgan fingerprint density at radius 3 is 2.12 bits per heavy atom. The van der Waals surface area contributed by atoms with E-state index in [-0.39, 0.29) is 11.4 Å². The number of benzene rings is 1. The number of anilines is 1. The molecule has 2 aromatic rings. The second-order valence-corrected chi connectivity index (χ2v) is 6.40. The van der Waals surface area contributed by atoms with Gasteiger partial charge in [0.25, 0.3) is 0 Å². The molecular weight excluding hydrogens is 312 g/mol. The highest BCUT2D eigenvalue weighted by atomic mass is 16.5. The first-order valence-corrected chi connectivity index (χ1v) is 7.15. The van der Waals surface area contributed by atoms with E-state index in [4.69, 9.17) is 15.2 Å². The maximum Gasteiger partial charge on any atom is 0.161 e. The Balaban J connectivity index is 0.000000505. The van der Waals surface area contributed by atoms with Crippen molar-refractivity contribution in [3.63, 3.8) is 0 Å². The number of hydrogen-bond donors (Lipinski definition) is 2. The molecule has 3 N–H and O–H groups in total. The predicted molar refractivity (Wildman–Crippen MR) is 89.8 cm³/mol. The molecule has 24 heavy (non-hydrogen) atoms. The van der Waals surface area contributed by atoms with Crippen LogP contribution < -0.4 is 20.3 Å². The Morgan fingerprint density at radius 2 is 1.71 bits per heavy atom. The van der Waals surface area contributed by atoms with Crippen LogP contribution in [0.15, 0.2) is 18.2 Å². The second-order valence-electron chi connectivity index (χ2n) is 6.40. The average molecular weight is 336 g/mol. The summed E-state index contributed by atoms with van der Waals surface area (Å²) in [5.41, 5.74) is 6.42. The SMILES string of the molecule is COc1ccc(-c2n[nH]c(C(=O)[O-])c2N)cc1OC.C[N+](C)(C)C. The van der Waals surface area contributed by atoms with Gasteiger partial charge in [-0.05, 0) is 18.2 Å². The largest absolute Gasteiger partial charge is 0.543 e. The standard InChI is InChI=1S/C12H13N3O4.C4H12N/c1-18-7-4-3-6(5-8(7)19-2)10-9(13)11(12(16)17)15-14-10;1-5(2,3)4/h3-5H,13H2,1-2H3,(H,14,15)(H,16,17);1-4H3/q;+1/p-1. The highest BCUT2D eigenvalue weighted by Crippen LogP contribution is 2.34. The van der Waals surface area contributed by atoms with Crippen LogP contribution in [0, 0.1) is 0 Å². The minimum atomic E-state index is -1.41. The van der Waals surface area contributed by atoms with Crippen molar-refractivity contribution in [2.24, 2.45) is 0 Å². The molecule has 8 nitrogen and oxygen atoms in total. The average Bonchev–Trinajstić information content (AvgIpc) is 2.86. The molecule has 0 aliphatic carbocycles. The van der Waals surface area contributed by atoms with Crippen molar-refractivity contribution in [1.82, 2.24) is 10.2 Å². The number of carboxylic acids is 1. The monoisotopic (exact) mass is 336 g/mol. The molecular formula is C16H24N4O4. The van der Waals surface area contributed by atoms with Crippen LogP contribution in [-0.2, 0) is 0 Å². The number of nitrogens with one attached hydrogen (secondary N) is 1. The minimum Gasteiger partial charge on any atom is -0.543 e. The first kappa shape index (κ1) is 19.3. The van der Waals surface area contributed by atoms with Crippen LogP contribution in [0.25, 0.3) is 11.3 Å². The topological polar surface area (TPSA) is 113 Å². The minimum absolute atomic E-state index is 0.0206. The van der Waals surface area contributed by atoms with Gasteiger partial charge in [0, 0.05) is 5.56 Å². The predicted octanol–water partition coefficient (Wildman–Crippen LogP) is 0.362. The summed E-state index contributed by atoms with van der Waals surface area (Å²) >= 11 is 0. The van der Waals surface area contributed by atoms with Gasteiger partial charge < -0.3 is 29.6 Å². The number of carbonyl (C=O) groups is 1. The lowest BCUT2D eigenvalue weighted by atomic mass is 10.1. The van der Waals surface area contributed by atoms with E-state index in [0.717, 1.165) is 4.48 Å². The van der Waals surface area contributed by atoms with Gasteiger partial charge in [-0.1, -0.05) is 0 Å². The van der Waals surface area contributed by atoms with E-state index >= 15 is 0 Å². The third-order valence-corrected chi connectivity index (χ3v) is 2.67. The van der Waals surface area contributed by atoms with E-state index in [1.54, 1.807) is 18.2 Å². The summed E-state index contributed by atoms with van der Waals surface area (Å²) in [7, 11) is 11.5. The van der Waals surface area contributed by atoms with Crippen LogP contribution in [0.2, 0.25) is 0 Å². The number of carboxylic acid groups (broad SMARTS) is 1. The molecule has 132 valence electrons. The zero-order valence-electron chi connectivity index (χ0n) is 14.8. The van der Waals surface area contributed by atoms with Crippen LogP contribution in [0.3, 0.4) is 0 Å². The van der Waals surface area contributed by atoms with Gasteiger partial charge in [0.15, 0.2) is 11.5 Å². The van der Waals surface area contributed by atoms with Crippen molar-refractivity contribution < 1.29 is 23.9 Å². The van der Waals surface area contributed by atoms with Gasteiger partial charge in [-0.3, -0.25) is 5.10 Å². The number of quaternary nitrogens is 1. The van der Waals surface area contributed by atoms with Crippen LogP contribution in [0.4, 0.5) is 5.69 Å². The van der Waals surface area contributed by atoms with Crippen LogP contribution in [0.5, 0.6) is 11.5 Å². The number of aromatic nitrogens is 2. The molecule has 1 heterocycles. The molecule has 0 bridgehead atoms. The van der Waals surface area contributed by atoms with Crippen LogP contribution in [-0.4, -0.2) is 63.1 Å². The molecule has 0 aliphatic heterocycles. The van der Waals surface area contributed by atoms with E-state index < -0.39 is 5.97 Å². The number of nitrogens with zero attached hydrogens (tertiary/aromatic N) is 2. The third kappa shape index (κ3) is 5.17. The van der Waals surface area contributed by atoms with E-state index in [0.29, 0.717) is 22.8 Å². The molecule has 0 unspecified atom stereocenters. The smallest absolute Gasteiger partial charge is 0.161 e. The summed E-state index contributed by atoms with van der Waals surface area (Å²) in [6.45, 7) is 0. The fourth-order valence-electron chi connectivity index (χ4n) is 1.71. The number of carbonyl (C=O) groups excluding carboxylic acids is 1. The van der Waals surface area contributed by atoms with Gasteiger partial charge in [-0.25, -0.2) is 0 Å². The molecule has 0 saturated carbocycles. The molecule has 0 aliphatic rings. The lowest BCUT2D eigenvalue weighted by molar-refractivity contribution is -0.849. The molecule has 0 fully saturated rings. The Labute approximate surface area is 141 Å². The zero-order valence-corrected chi connectivity index (χ0v) is 14.8. The lowest BCUT2D eigenvalue weighted by Gasteiger charge is -2.14. The van der Waals surface area contributed by atoms with Gasteiger partial charge in [0.05, 0.1) is 54.1 Å². The maximum atomic E-state index is 10.8. The van der Waals surface area contributed by atoms with Crippen molar-refractivity contribution in [3.05, 3.63) is 23.9 Å². The Morgan fingerprint density at radius 1 is 1.17 bits per heavy atom. The molecule has 0 radical (unpaired) electrons. The Bertz CT molecular complexity index is 699. The van der Waals surface area contributed by atoms with Crippen molar-refractivity contribution in [2.75, 3.05) is 48.1 Å². The summed E-state index contributed by atoms with van der Waals surface area (Å²) in [5.74, 6) is -0.352. The van der Waals surface area contributed by atoms with Crippen molar-refractivity contribution >= 4 is 11.7 Å². The fraction of sp³-hybridized carbons (Fsp3) is 0.375. The van der Waals surface area contributed by atoms with Gasteiger partial charge in [0.2, 0.25) is 0 Å². The number of H-pyrrole nitrogens is 1. The van der Waals surface area contributed by atoms with E-state index in [1.165, 1.54) is 14.2 Å². The molecule has 1 aromatic carbocycles. The number of aromatic amines is 1. The van der Waals surface area contributed by atoms with Crippen molar-refractivity contribution in [1.29, 1.82) is 0 Å². The first-order valence-electron chi connectivity index (χ1n) is 7.15. The van der Waals surface area contributed by atoms with Gasteiger partial charge in [0.1, 0.15) is 11.4 Å². The van der Waals surface area contributed by atoms with Gasteiger partial charge >= 0.3 is 0 Å². The van der Waals surface area contributed by atoms with Gasteiger partial charge in [-0.15, -0.1) is 0 Å². The number of rotatable bonds is 4. The van der Waals surface area contributed by atoms with Crippen LogP contribution in [0.1, 0.15) is 10.5 Å². The molecule has 0 amide bonds. The van der Waals surface area contributed by atoms with Crippen LogP contribution >= 0.6 is 0 Å². The molecule has 0 spiro atoms. The molecule has 1 aromatic heterocycles. The quantitative estimate of drug-likeness (QED) is 0.780. The summed E-state index contributed by atoms with van der Waals surface area (Å²) < 4.78 is 11.3. The fourth-order valence-corrected chi connectivity index (χ4v) is 1.71. The summed E-state index contributed by atoms with van der Waals surface area (Å²) in [6, 6.07) is 5.04. The second kappa shape index (κ2) is 7.69. The Hall–Kier alpha value is -2.74. The van der Waals surface area contributed by atoms with E-state index in [9.17, 15) is 9.90 Å². The normalized spacial score (nSPS) is 10.6. The molecule has 0 saturated heterocycles. The highest BCUT2D eigenvalue weighted by molar-refractivity contribution is 5.94. The first-order chi connectivity index (χ1) is 11.1. The summed E-state index contributed by atoms with van der Waals surface area (Å²) in [5, 5.41) is 17.0. The molecule has 2 rings (SSSR count). The van der Waals surface area contributed by atoms with Gasteiger partial charge in [-0.2, -0.15) is 5.10 Å². The lowest BCUT2D eigenvalue weighted by Crippen LogP contribution is -2.27. The van der Waals surface area contributed by atoms with E-state index in [1.807, 2.05) is 0 Å².